The lowest BCUT2D eigenvalue weighted by Crippen LogP contribution is -2.42. The molecule has 4 rings (SSSR count). The first-order valence-electron chi connectivity index (χ1n) is 8.36. The second-order valence-electron chi connectivity index (χ2n) is 6.32. The van der Waals surface area contributed by atoms with Crippen molar-refractivity contribution in [3.63, 3.8) is 0 Å². The molecule has 0 saturated carbocycles. The number of aromatic nitrogens is 1. The SMILES string of the molecule is CN1CCN(/N=C2\CCCc3nc(-c4ccccc4)sc32)CC1. The molecular weight excluding hydrogens is 304 g/mol. The van der Waals surface area contributed by atoms with Crippen molar-refractivity contribution in [3.05, 3.63) is 40.9 Å². The molecule has 2 heterocycles. The van der Waals surface area contributed by atoms with Gasteiger partial charge < -0.3 is 4.90 Å². The smallest absolute Gasteiger partial charge is 0.124 e. The molecule has 0 atom stereocenters. The van der Waals surface area contributed by atoms with Crippen LogP contribution >= 0.6 is 11.3 Å². The lowest BCUT2D eigenvalue weighted by molar-refractivity contribution is 0.158. The number of nitrogens with zero attached hydrogens (tertiary/aromatic N) is 4. The number of piperazine rings is 1. The van der Waals surface area contributed by atoms with E-state index in [0.29, 0.717) is 0 Å². The summed E-state index contributed by atoms with van der Waals surface area (Å²) in [6.07, 6.45) is 3.33. The van der Waals surface area contributed by atoms with Crippen molar-refractivity contribution in [2.45, 2.75) is 19.3 Å². The Balaban J connectivity index is 1.62. The van der Waals surface area contributed by atoms with E-state index < -0.39 is 0 Å². The Bertz CT molecular complexity index is 699. The van der Waals surface area contributed by atoms with E-state index in [1.165, 1.54) is 21.8 Å². The van der Waals surface area contributed by atoms with Gasteiger partial charge in [-0.25, -0.2) is 4.98 Å². The Morgan fingerprint density at radius 3 is 2.61 bits per heavy atom. The second-order valence-corrected chi connectivity index (χ2v) is 7.32. The molecule has 0 amide bonds. The molecule has 0 N–H and O–H groups in total. The Labute approximate surface area is 141 Å². The zero-order chi connectivity index (χ0) is 15.6. The summed E-state index contributed by atoms with van der Waals surface area (Å²) < 4.78 is 0. The number of aryl methyl sites for hydroxylation is 1. The van der Waals surface area contributed by atoms with E-state index in [1.54, 1.807) is 11.3 Å². The third-order valence-electron chi connectivity index (χ3n) is 4.55. The number of fused-ring (bicyclic) bond motifs is 1. The average Bonchev–Trinajstić information content (AvgIpc) is 3.03. The fourth-order valence-corrected chi connectivity index (χ4v) is 4.28. The van der Waals surface area contributed by atoms with Gasteiger partial charge in [-0.3, -0.25) is 5.01 Å². The number of rotatable bonds is 2. The van der Waals surface area contributed by atoms with Crippen LogP contribution in [0.2, 0.25) is 0 Å². The highest BCUT2D eigenvalue weighted by Crippen LogP contribution is 2.33. The molecule has 1 aliphatic carbocycles. The quantitative estimate of drug-likeness (QED) is 0.850. The summed E-state index contributed by atoms with van der Waals surface area (Å²) in [6.45, 7) is 4.25. The third kappa shape index (κ3) is 3.16. The van der Waals surface area contributed by atoms with Crippen LogP contribution in [0.1, 0.15) is 23.4 Å². The van der Waals surface area contributed by atoms with Crippen LogP contribution in [0.15, 0.2) is 35.4 Å². The molecule has 1 fully saturated rings. The molecule has 1 aromatic heterocycles. The molecule has 1 aromatic carbocycles. The normalized spacial score (nSPS) is 20.7. The van der Waals surface area contributed by atoms with Crippen molar-refractivity contribution in [1.82, 2.24) is 14.9 Å². The lowest BCUT2D eigenvalue weighted by atomic mass is 10.0. The van der Waals surface area contributed by atoms with Crippen LogP contribution in [0.3, 0.4) is 0 Å². The van der Waals surface area contributed by atoms with Gasteiger partial charge in [0.15, 0.2) is 0 Å². The van der Waals surface area contributed by atoms with Gasteiger partial charge in [-0.1, -0.05) is 30.3 Å². The van der Waals surface area contributed by atoms with Gasteiger partial charge in [0.1, 0.15) is 5.01 Å². The van der Waals surface area contributed by atoms with Gasteiger partial charge in [0, 0.05) is 31.7 Å². The maximum atomic E-state index is 4.97. The van der Waals surface area contributed by atoms with E-state index >= 15 is 0 Å². The minimum Gasteiger partial charge on any atom is -0.303 e. The minimum atomic E-state index is 1.03. The van der Waals surface area contributed by atoms with E-state index in [-0.39, 0.29) is 0 Å². The molecule has 1 aliphatic heterocycles. The monoisotopic (exact) mass is 326 g/mol. The Kier molecular flexibility index (Phi) is 4.14. The highest BCUT2D eigenvalue weighted by Gasteiger charge is 2.23. The Hall–Kier alpha value is -1.72. The van der Waals surface area contributed by atoms with Crippen LogP contribution in [-0.2, 0) is 6.42 Å². The van der Waals surface area contributed by atoms with Gasteiger partial charge in [0.05, 0.1) is 16.3 Å². The van der Waals surface area contributed by atoms with Crippen molar-refractivity contribution in [2.24, 2.45) is 5.10 Å². The van der Waals surface area contributed by atoms with Crippen LogP contribution in [0.4, 0.5) is 0 Å². The fourth-order valence-electron chi connectivity index (χ4n) is 3.15. The molecule has 23 heavy (non-hydrogen) atoms. The van der Waals surface area contributed by atoms with Crippen molar-refractivity contribution in [2.75, 3.05) is 33.2 Å². The van der Waals surface area contributed by atoms with Gasteiger partial charge in [-0.15, -0.1) is 11.3 Å². The van der Waals surface area contributed by atoms with Crippen molar-refractivity contribution < 1.29 is 0 Å². The van der Waals surface area contributed by atoms with E-state index in [1.807, 2.05) is 0 Å². The molecule has 2 aromatic rings. The lowest BCUT2D eigenvalue weighted by Gasteiger charge is -2.31. The van der Waals surface area contributed by atoms with Gasteiger partial charge in [-0.2, -0.15) is 5.10 Å². The first kappa shape index (κ1) is 14.8. The molecule has 0 unspecified atom stereocenters. The molecule has 120 valence electrons. The maximum absolute atomic E-state index is 4.97. The third-order valence-corrected chi connectivity index (χ3v) is 5.74. The summed E-state index contributed by atoms with van der Waals surface area (Å²) in [5.74, 6) is 0. The van der Waals surface area contributed by atoms with E-state index in [4.69, 9.17) is 10.1 Å². The fraction of sp³-hybridized carbons (Fsp3) is 0.444. The van der Waals surface area contributed by atoms with Crippen LogP contribution in [0.25, 0.3) is 10.6 Å². The number of hydrazone groups is 1. The van der Waals surface area contributed by atoms with Gasteiger partial charge >= 0.3 is 0 Å². The van der Waals surface area contributed by atoms with Crippen molar-refractivity contribution in [3.8, 4) is 10.6 Å². The molecule has 0 spiro atoms. The number of hydrogen-bond acceptors (Lipinski definition) is 5. The standard InChI is InChI=1S/C18H22N4S/c1-21-10-12-22(13-11-21)20-16-9-5-8-15-17(16)23-18(19-15)14-6-3-2-4-7-14/h2-4,6-7H,5,8-13H2,1H3/b20-16+. The van der Waals surface area contributed by atoms with Crippen LogP contribution < -0.4 is 0 Å². The number of hydrogen-bond donors (Lipinski definition) is 0. The summed E-state index contributed by atoms with van der Waals surface area (Å²) in [6, 6.07) is 10.5. The first-order chi connectivity index (χ1) is 11.3. The Morgan fingerprint density at radius 1 is 1.04 bits per heavy atom. The molecule has 1 saturated heterocycles. The van der Waals surface area contributed by atoms with E-state index in [9.17, 15) is 0 Å². The topological polar surface area (TPSA) is 31.7 Å². The highest BCUT2D eigenvalue weighted by atomic mass is 32.1. The summed E-state index contributed by atoms with van der Waals surface area (Å²) >= 11 is 1.81. The maximum Gasteiger partial charge on any atom is 0.124 e. The molecule has 2 aliphatic rings. The van der Waals surface area contributed by atoms with Crippen LogP contribution in [0, 0.1) is 0 Å². The second kappa shape index (κ2) is 6.42. The molecular formula is C18H22N4S. The Morgan fingerprint density at radius 2 is 1.83 bits per heavy atom. The minimum absolute atomic E-state index is 1.03. The summed E-state index contributed by atoms with van der Waals surface area (Å²) in [5.41, 5.74) is 3.70. The number of thiazole rings is 1. The zero-order valence-electron chi connectivity index (χ0n) is 13.5. The van der Waals surface area contributed by atoms with Crippen LogP contribution in [0.5, 0.6) is 0 Å². The van der Waals surface area contributed by atoms with Crippen molar-refractivity contribution >= 4 is 17.0 Å². The van der Waals surface area contributed by atoms with Gasteiger partial charge in [0.25, 0.3) is 0 Å². The van der Waals surface area contributed by atoms with E-state index in [0.717, 1.165) is 50.4 Å². The summed E-state index contributed by atoms with van der Waals surface area (Å²) in [5, 5.41) is 8.34. The predicted octanol–water partition coefficient (Wildman–Crippen LogP) is 3.10. The van der Waals surface area contributed by atoms with Gasteiger partial charge in [0.2, 0.25) is 0 Å². The molecule has 5 heteroatoms. The van der Waals surface area contributed by atoms with Crippen molar-refractivity contribution in [1.29, 1.82) is 0 Å². The zero-order valence-corrected chi connectivity index (χ0v) is 14.4. The number of likely N-dealkylation sites (N-methyl/N-ethyl adjacent to an activating group) is 1. The van der Waals surface area contributed by atoms with Crippen LogP contribution in [-0.4, -0.2) is 53.8 Å². The summed E-state index contributed by atoms with van der Waals surface area (Å²) in [7, 11) is 2.18. The first-order valence-corrected chi connectivity index (χ1v) is 9.18. The summed E-state index contributed by atoms with van der Waals surface area (Å²) in [4.78, 5) is 8.57. The number of benzene rings is 1. The average molecular weight is 326 g/mol. The molecule has 4 nitrogen and oxygen atoms in total. The predicted molar refractivity (Wildman–Crippen MR) is 96.1 cm³/mol. The highest BCUT2D eigenvalue weighted by molar-refractivity contribution is 7.17. The molecule has 0 bridgehead atoms. The largest absolute Gasteiger partial charge is 0.303 e. The van der Waals surface area contributed by atoms with Gasteiger partial charge in [-0.05, 0) is 26.3 Å². The van der Waals surface area contributed by atoms with E-state index in [2.05, 4.69) is 47.3 Å². The molecule has 0 radical (unpaired) electrons.